The monoisotopic (exact) mass is 179 g/mol. The third-order valence-electron chi connectivity index (χ3n) is 2.41. The molecule has 1 aromatic rings. The highest BCUT2D eigenvalue weighted by molar-refractivity contribution is 5.17. The van der Waals surface area contributed by atoms with E-state index in [-0.39, 0.29) is 5.92 Å². The van der Waals surface area contributed by atoms with E-state index >= 15 is 0 Å². The van der Waals surface area contributed by atoms with E-state index < -0.39 is 6.10 Å². The molecule has 3 N–H and O–H groups in total. The van der Waals surface area contributed by atoms with Crippen molar-refractivity contribution in [3.63, 3.8) is 0 Å². The van der Waals surface area contributed by atoms with Crippen molar-refractivity contribution in [2.24, 2.45) is 11.7 Å². The fourth-order valence-electron chi connectivity index (χ4n) is 1.44. The van der Waals surface area contributed by atoms with Gasteiger partial charge in [0.15, 0.2) is 0 Å². The Morgan fingerprint density at radius 2 is 1.92 bits per heavy atom. The van der Waals surface area contributed by atoms with Gasteiger partial charge in [-0.1, -0.05) is 37.3 Å². The molecule has 13 heavy (non-hydrogen) atoms. The van der Waals surface area contributed by atoms with Crippen LogP contribution in [0.25, 0.3) is 0 Å². The molecule has 0 aliphatic carbocycles. The Kier molecular flexibility index (Phi) is 3.93. The van der Waals surface area contributed by atoms with Crippen molar-refractivity contribution in [1.29, 1.82) is 0 Å². The minimum Gasteiger partial charge on any atom is -0.388 e. The summed E-state index contributed by atoms with van der Waals surface area (Å²) in [4.78, 5) is 0. The molecule has 0 heterocycles. The van der Waals surface area contributed by atoms with Crippen LogP contribution >= 0.6 is 0 Å². The summed E-state index contributed by atoms with van der Waals surface area (Å²) in [5.41, 5.74) is 6.52. The predicted molar refractivity (Wildman–Crippen MR) is 54.2 cm³/mol. The molecule has 0 saturated heterocycles. The zero-order valence-corrected chi connectivity index (χ0v) is 7.98. The molecule has 1 rings (SSSR count). The lowest BCUT2D eigenvalue weighted by molar-refractivity contribution is 0.110. The van der Waals surface area contributed by atoms with E-state index in [0.717, 1.165) is 12.0 Å². The van der Waals surface area contributed by atoms with Gasteiger partial charge in [0.1, 0.15) is 0 Å². The first kappa shape index (κ1) is 10.2. The lowest BCUT2D eigenvalue weighted by atomic mass is 9.94. The second-order valence-corrected chi connectivity index (χ2v) is 3.26. The fraction of sp³-hybridized carbons (Fsp3) is 0.455. The molecule has 0 radical (unpaired) electrons. The normalized spacial score (nSPS) is 15.3. The summed E-state index contributed by atoms with van der Waals surface area (Å²) in [5, 5.41) is 9.90. The molecule has 72 valence electrons. The summed E-state index contributed by atoms with van der Waals surface area (Å²) < 4.78 is 0. The molecule has 2 nitrogen and oxygen atoms in total. The number of aliphatic hydroxyl groups excluding tert-OH is 1. The Bertz CT molecular complexity index is 231. The average Bonchev–Trinajstić information content (AvgIpc) is 2.21. The van der Waals surface area contributed by atoms with Gasteiger partial charge in [0.2, 0.25) is 0 Å². The molecule has 0 saturated carbocycles. The second kappa shape index (κ2) is 5.00. The maximum absolute atomic E-state index is 9.90. The van der Waals surface area contributed by atoms with Crippen LogP contribution in [0.1, 0.15) is 25.0 Å². The average molecular weight is 179 g/mol. The van der Waals surface area contributed by atoms with Crippen molar-refractivity contribution < 1.29 is 5.11 Å². The molecule has 2 heteroatoms. The first-order valence-corrected chi connectivity index (χ1v) is 4.72. The second-order valence-electron chi connectivity index (χ2n) is 3.26. The van der Waals surface area contributed by atoms with E-state index in [0.29, 0.717) is 6.54 Å². The van der Waals surface area contributed by atoms with Crippen LogP contribution in [0, 0.1) is 5.92 Å². The number of hydrogen-bond acceptors (Lipinski definition) is 2. The molecule has 0 spiro atoms. The highest BCUT2D eigenvalue weighted by Crippen LogP contribution is 2.22. The highest BCUT2D eigenvalue weighted by atomic mass is 16.3. The summed E-state index contributed by atoms with van der Waals surface area (Å²) >= 11 is 0. The summed E-state index contributed by atoms with van der Waals surface area (Å²) in [6.45, 7) is 2.58. The van der Waals surface area contributed by atoms with Gasteiger partial charge in [-0.25, -0.2) is 0 Å². The smallest absolute Gasteiger partial charge is 0.0830 e. The Balaban J connectivity index is 2.72. The van der Waals surface area contributed by atoms with Crippen LogP contribution in [0.3, 0.4) is 0 Å². The molecular formula is C11H17NO. The lowest BCUT2D eigenvalue weighted by Gasteiger charge is -2.19. The minimum atomic E-state index is -0.420. The fourth-order valence-corrected chi connectivity index (χ4v) is 1.44. The van der Waals surface area contributed by atoms with Crippen LogP contribution in [-0.2, 0) is 0 Å². The van der Waals surface area contributed by atoms with Crippen molar-refractivity contribution in [2.45, 2.75) is 19.4 Å². The third kappa shape index (κ3) is 2.54. The zero-order chi connectivity index (χ0) is 9.68. The Morgan fingerprint density at radius 3 is 2.38 bits per heavy atom. The molecule has 0 amide bonds. The van der Waals surface area contributed by atoms with E-state index in [9.17, 15) is 5.11 Å². The van der Waals surface area contributed by atoms with Crippen LogP contribution in [0.15, 0.2) is 30.3 Å². The van der Waals surface area contributed by atoms with Crippen molar-refractivity contribution in [3.05, 3.63) is 35.9 Å². The van der Waals surface area contributed by atoms with E-state index in [4.69, 9.17) is 5.73 Å². The van der Waals surface area contributed by atoms with Crippen LogP contribution in [0.5, 0.6) is 0 Å². The molecule has 0 unspecified atom stereocenters. The lowest BCUT2D eigenvalue weighted by Crippen LogP contribution is -2.21. The molecule has 0 aromatic heterocycles. The molecule has 0 aliphatic rings. The molecule has 2 atom stereocenters. The van der Waals surface area contributed by atoms with Crippen molar-refractivity contribution in [1.82, 2.24) is 0 Å². The first-order valence-electron chi connectivity index (χ1n) is 4.72. The van der Waals surface area contributed by atoms with Gasteiger partial charge in [0, 0.05) is 5.92 Å². The first-order chi connectivity index (χ1) is 6.29. The van der Waals surface area contributed by atoms with Crippen molar-refractivity contribution in [2.75, 3.05) is 6.54 Å². The van der Waals surface area contributed by atoms with Crippen LogP contribution in [0.2, 0.25) is 0 Å². The summed E-state index contributed by atoms with van der Waals surface area (Å²) in [5.74, 6) is 0.169. The SMILES string of the molecule is CC[C@H](CN)[C@H](O)c1ccccc1. The van der Waals surface area contributed by atoms with Crippen molar-refractivity contribution in [3.8, 4) is 0 Å². The van der Waals surface area contributed by atoms with Crippen molar-refractivity contribution >= 4 is 0 Å². The summed E-state index contributed by atoms with van der Waals surface area (Å²) in [6.07, 6.45) is 0.489. The minimum absolute atomic E-state index is 0.169. The Hall–Kier alpha value is -0.860. The number of hydrogen-bond donors (Lipinski definition) is 2. The molecular weight excluding hydrogens is 162 g/mol. The van der Waals surface area contributed by atoms with Gasteiger partial charge in [-0.3, -0.25) is 0 Å². The van der Waals surface area contributed by atoms with Gasteiger partial charge in [-0.2, -0.15) is 0 Å². The maximum atomic E-state index is 9.90. The Morgan fingerprint density at radius 1 is 1.31 bits per heavy atom. The van der Waals surface area contributed by atoms with E-state index in [1.54, 1.807) is 0 Å². The predicted octanol–water partition coefficient (Wildman–Crippen LogP) is 1.70. The quantitative estimate of drug-likeness (QED) is 0.739. The van der Waals surface area contributed by atoms with Crippen LogP contribution in [-0.4, -0.2) is 11.7 Å². The highest BCUT2D eigenvalue weighted by Gasteiger charge is 2.16. The van der Waals surface area contributed by atoms with Gasteiger partial charge in [-0.05, 0) is 18.5 Å². The van der Waals surface area contributed by atoms with Gasteiger partial charge in [0.05, 0.1) is 6.10 Å². The molecule has 0 bridgehead atoms. The number of aliphatic hydroxyl groups is 1. The van der Waals surface area contributed by atoms with Gasteiger partial charge in [0.25, 0.3) is 0 Å². The molecule has 1 aromatic carbocycles. The molecule has 0 aliphatic heterocycles. The number of benzene rings is 1. The summed E-state index contributed by atoms with van der Waals surface area (Å²) in [7, 11) is 0. The number of rotatable bonds is 4. The molecule has 0 fully saturated rings. The van der Waals surface area contributed by atoms with Crippen LogP contribution in [0.4, 0.5) is 0 Å². The zero-order valence-electron chi connectivity index (χ0n) is 7.98. The van der Waals surface area contributed by atoms with Gasteiger partial charge < -0.3 is 10.8 Å². The van der Waals surface area contributed by atoms with Gasteiger partial charge in [-0.15, -0.1) is 0 Å². The van der Waals surface area contributed by atoms with E-state index in [2.05, 4.69) is 0 Å². The van der Waals surface area contributed by atoms with Gasteiger partial charge >= 0.3 is 0 Å². The maximum Gasteiger partial charge on any atom is 0.0830 e. The standard InChI is InChI=1S/C11H17NO/c1-2-9(8-12)11(13)10-6-4-3-5-7-10/h3-7,9,11,13H,2,8,12H2,1H3/t9-,11+/m1/s1. The summed E-state index contributed by atoms with van der Waals surface area (Å²) in [6, 6.07) is 9.68. The topological polar surface area (TPSA) is 46.2 Å². The largest absolute Gasteiger partial charge is 0.388 e. The van der Waals surface area contributed by atoms with E-state index in [1.807, 2.05) is 37.3 Å². The Labute approximate surface area is 79.4 Å². The third-order valence-corrected chi connectivity index (χ3v) is 2.41. The number of nitrogens with two attached hydrogens (primary N) is 1. The van der Waals surface area contributed by atoms with E-state index in [1.165, 1.54) is 0 Å². The van der Waals surface area contributed by atoms with Crippen LogP contribution < -0.4 is 5.73 Å².